The summed E-state index contributed by atoms with van der Waals surface area (Å²) in [4.78, 5) is 0. The summed E-state index contributed by atoms with van der Waals surface area (Å²) in [5, 5.41) is 8.53. The first-order valence-electron chi connectivity index (χ1n) is 3.71. The lowest BCUT2D eigenvalue weighted by Gasteiger charge is -2.30. The van der Waals surface area contributed by atoms with Crippen LogP contribution < -0.4 is 5.73 Å². The Balaban J connectivity index is 2.08. The molecule has 0 aromatic carbocycles. The lowest BCUT2D eigenvalue weighted by molar-refractivity contribution is 0.208. The Kier molecular flexibility index (Phi) is 2.49. The molecule has 2 nitrogen and oxygen atoms in total. The van der Waals surface area contributed by atoms with Gasteiger partial charge in [0.1, 0.15) is 0 Å². The van der Waals surface area contributed by atoms with Gasteiger partial charge in [0.25, 0.3) is 0 Å². The summed E-state index contributed by atoms with van der Waals surface area (Å²) in [6.07, 6.45) is 4.68. The molecule has 0 saturated heterocycles. The second-order valence-electron chi connectivity index (χ2n) is 2.87. The van der Waals surface area contributed by atoms with Crippen LogP contribution in [-0.2, 0) is 0 Å². The van der Waals surface area contributed by atoms with Crippen molar-refractivity contribution in [3.63, 3.8) is 0 Å². The average Bonchev–Trinajstić information content (AvgIpc) is 1.60. The number of aliphatic hydroxyl groups excluding tert-OH is 1. The van der Waals surface area contributed by atoms with Crippen LogP contribution in [0, 0.1) is 5.92 Å². The van der Waals surface area contributed by atoms with Crippen molar-refractivity contribution in [1.29, 1.82) is 0 Å². The van der Waals surface area contributed by atoms with Gasteiger partial charge >= 0.3 is 0 Å². The van der Waals surface area contributed by atoms with Gasteiger partial charge in [0, 0.05) is 12.6 Å². The van der Waals surface area contributed by atoms with E-state index in [2.05, 4.69) is 0 Å². The van der Waals surface area contributed by atoms with Gasteiger partial charge in [-0.05, 0) is 25.2 Å². The third-order valence-electron chi connectivity index (χ3n) is 2.22. The molecule has 1 rings (SSSR count). The van der Waals surface area contributed by atoms with Crippen molar-refractivity contribution in [2.75, 3.05) is 6.61 Å². The number of hydrogen-bond acceptors (Lipinski definition) is 2. The van der Waals surface area contributed by atoms with Crippen molar-refractivity contribution in [1.82, 2.24) is 0 Å². The zero-order chi connectivity index (χ0) is 6.69. The van der Waals surface area contributed by atoms with Gasteiger partial charge in [0.15, 0.2) is 0 Å². The molecule has 54 valence electrons. The maximum atomic E-state index is 8.53. The van der Waals surface area contributed by atoms with Gasteiger partial charge in [0.05, 0.1) is 0 Å². The first-order chi connectivity index (χ1) is 4.34. The van der Waals surface area contributed by atoms with Gasteiger partial charge in [-0.1, -0.05) is 6.42 Å². The van der Waals surface area contributed by atoms with Crippen LogP contribution in [0.25, 0.3) is 0 Å². The predicted molar refractivity (Wildman–Crippen MR) is 37.0 cm³/mol. The molecular weight excluding hydrogens is 114 g/mol. The summed E-state index contributed by atoms with van der Waals surface area (Å²) in [6.45, 7) is 0.248. The molecule has 0 aromatic heterocycles. The fraction of sp³-hybridized carbons (Fsp3) is 1.00. The minimum absolute atomic E-state index is 0.248. The Bertz CT molecular complexity index is 81.0. The summed E-state index contributed by atoms with van der Waals surface area (Å²) in [7, 11) is 0. The van der Waals surface area contributed by atoms with E-state index in [0.717, 1.165) is 12.3 Å². The molecule has 0 amide bonds. The molecule has 0 heterocycles. The summed E-state index contributed by atoms with van der Waals surface area (Å²) < 4.78 is 0. The minimum atomic E-state index is 0.248. The molecule has 9 heavy (non-hydrogen) atoms. The average molecular weight is 129 g/mol. The van der Waals surface area contributed by atoms with Gasteiger partial charge in [0.2, 0.25) is 0 Å². The summed E-state index contributed by atoms with van der Waals surface area (Å²) in [5.74, 6) is 0.720. The third-order valence-corrected chi connectivity index (χ3v) is 2.22. The van der Waals surface area contributed by atoms with Crippen molar-refractivity contribution in [2.24, 2.45) is 11.7 Å². The molecule has 0 unspecified atom stereocenters. The summed E-state index contributed by atoms with van der Waals surface area (Å²) >= 11 is 0. The summed E-state index contributed by atoms with van der Waals surface area (Å²) in [6, 6.07) is 0.267. The maximum absolute atomic E-state index is 8.53. The first-order valence-corrected chi connectivity index (χ1v) is 3.71. The Hall–Kier alpha value is -0.0800. The van der Waals surface area contributed by atoms with E-state index in [9.17, 15) is 0 Å². The monoisotopic (exact) mass is 129 g/mol. The molecular formula is C7H15NO. The molecule has 0 radical (unpaired) electrons. The highest BCUT2D eigenvalue weighted by molar-refractivity contribution is 4.79. The van der Waals surface area contributed by atoms with Crippen molar-refractivity contribution in [3.05, 3.63) is 0 Å². The molecule has 1 aliphatic rings. The van der Waals surface area contributed by atoms with E-state index in [-0.39, 0.29) is 12.6 Å². The molecule has 2 heteroatoms. The molecule has 0 bridgehead atoms. The largest absolute Gasteiger partial charge is 0.396 e. The summed E-state index contributed by atoms with van der Waals surface area (Å²) in [5.41, 5.74) is 5.73. The van der Waals surface area contributed by atoms with Gasteiger partial charge in [-0.25, -0.2) is 0 Å². The predicted octanol–water partition coefficient (Wildman–Crippen LogP) is 0.496. The fourth-order valence-corrected chi connectivity index (χ4v) is 1.25. The smallest absolute Gasteiger partial charge is 0.0445 e. The zero-order valence-corrected chi connectivity index (χ0v) is 5.71. The van der Waals surface area contributed by atoms with E-state index in [1.807, 2.05) is 0 Å². The third kappa shape index (κ3) is 1.66. The lowest BCUT2D eigenvalue weighted by atomic mass is 9.79. The first kappa shape index (κ1) is 7.03. The van der Waals surface area contributed by atoms with Crippen LogP contribution >= 0.6 is 0 Å². The number of aliphatic hydroxyl groups is 1. The van der Waals surface area contributed by atoms with Crippen LogP contribution in [0.1, 0.15) is 25.7 Å². The SMILES string of the molecule is N[C@@H](CCO)C1CCC1. The molecule has 1 fully saturated rings. The lowest BCUT2D eigenvalue weighted by Crippen LogP contribution is -2.35. The van der Waals surface area contributed by atoms with Crippen LogP contribution in [0.5, 0.6) is 0 Å². The fourth-order valence-electron chi connectivity index (χ4n) is 1.25. The van der Waals surface area contributed by atoms with E-state index in [0.29, 0.717) is 0 Å². The standard InChI is InChI=1S/C7H15NO/c8-7(4-5-9)6-2-1-3-6/h6-7,9H,1-5,8H2/t7-/m0/s1. The molecule has 0 aliphatic heterocycles. The van der Waals surface area contributed by atoms with E-state index < -0.39 is 0 Å². The number of rotatable bonds is 3. The van der Waals surface area contributed by atoms with E-state index in [1.54, 1.807) is 0 Å². The zero-order valence-electron chi connectivity index (χ0n) is 5.71. The van der Waals surface area contributed by atoms with Gasteiger partial charge in [-0.2, -0.15) is 0 Å². The second kappa shape index (κ2) is 3.18. The van der Waals surface area contributed by atoms with Crippen molar-refractivity contribution < 1.29 is 5.11 Å². The van der Waals surface area contributed by atoms with Crippen molar-refractivity contribution in [3.8, 4) is 0 Å². The highest BCUT2D eigenvalue weighted by atomic mass is 16.3. The Morgan fingerprint density at radius 2 is 2.22 bits per heavy atom. The van der Waals surface area contributed by atoms with Crippen molar-refractivity contribution >= 4 is 0 Å². The van der Waals surface area contributed by atoms with Gasteiger partial charge < -0.3 is 10.8 Å². The normalized spacial score (nSPS) is 23.3. The maximum Gasteiger partial charge on any atom is 0.0445 e. The topological polar surface area (TPSA) is 46.2 Å². The quantitative estimate of drug-likeness (QED) is 0.582. The molecule has 1 atom stereocenters. The molecule has 0 aromatic rings. The molecule has 1 saturated carbocycles. The van der Waals surface area contributed by atoms with E-state index >= 15 is 0 Å². The second-order valence-corrected chi connectivity index (χ2v) is 2.87. The van der Waals surface area contributed by atoms with Crippen LogP contribution in [0.15, 0.2) is 0 Å². The van der Waals surface area contributed by atoms with Gasteiger partial charge in [-0.15, -0.1) is 0 Å². The van der Waals surface area contributed by atoms with E-state index in [4.69, 9.17) is 10.8 Å². The highest BCUT2D eigenvalue weighted by Crippen LogP contribution is 2.29. The number of hydrogen-bond donors (Lipinski definition) is 2. The highest BCUT2D eigenvalue weighted by Gasteiger charge is 2.23. The van der Waals surface area contributed by atoms with Crippen LogP contribution in [-0.4, -0.2) is 17.8 Å². The molecule has 3 N–H and O–H groups in total. The van der Waals surface area contributed by atoms with Gasteiger partial charge in [-0.3, -0.25) is 0 Å². The molecule has 1 aliphatic carbocycles. The van der Waals surface area contributed by atoms with E-state index in [1.165, 1.54) is 19.3 Å². The Morgan fingerprint density at radius 1 is 1.56 bits per heavy atom. The Morgan fingerprint density at radius 3 is 2.56 bits per heavy atom. The number of nitrogens with two attached hydrogens (primary N) is 1. The minimum Gasteiger partial charge on any atom is -0.396 e. The van der Waals surface area contributed by atoms with Crippen LogP contribution in [0.4, 0.5) is 0 Å². The van der Waals surface area contributed by atoms with Crippen LogP contribution in [0.3, 0.4) is 0 Å². The molecule has 0 spiro atoms. The van der Waals surface area contributed by atoms with Crippen molar-refractivity contribution in [2.45, 2.75) is 31.7 Å². The van der Waals surface area contributed by atoms with Crippen LogP contribution in [0.2, 0.25) is 0 Å². The Labute approximate surface area is 56.1 Å².